The molecule has 0 aromatic rings. The second-order valence-corrected chi connectivity index (χ2v) is 10.2. The summed E-state index contributed by atoms with van der Waals surface area (Å²) in [6, 6.07) is 0. The Morgan fingerprint density at radius 3 is 2.82 bits per heavy atom. The molecule has 5 rings (SSSR count). The number of carbonyl (C=O) groups is 1. The van der Waals surface area contributed by atoms with Gasteiger partial charge < -0.3 is 0 Å². The van der Waals surface area contributed by atoms with E-state index in [-0.39, 0.29) is 0 Å². The van der Waals surface area contributed by atoms with Crippen LogP contribution in [0, 0.1) is 40.4 Å². The van der Waals surface area contributed by atoms with E-state index in [1.54, 1.807) is 9.15 Å². The second kappa shape index (κ2) is 4.29. The van der Waals surface area contributed by atoms with E-state index in [4.69, 9.17) is 0 Å². The fourth-order valence-corrected chi connectivity index (χ4v) is 7.85. The molecule has 5 aliphatic carbocycles. The van der Waals surface area contributed by atoms with Gasteiger partial charge in [-0.25, -0.2) is 0 Å². The Hall–Kier alpha value is -0.120. The van der Waals surface area contributed by atoms with Gasteiger partial charge in [0, 0.05) is 11.8 Å². The van der Waals surface area contributed by atoms with E-state index in [9.17, 15) is 4.79 Å². The third-order valence-electron chi connectivity index (χ3n) is 8.24. The normalized spacial score (nSPS) is 55.4. The quantitative estimate of drug-likeness (QED) is 0.497. The zero-order chi connectivity index (χ0) is 15.3. The highest BCUT2D eigenvalue weighted by Crippen LogP contribution is 2.74. The molecule has 22 heavy (non-hydrogen) atoms. The predicted octanol–water partition coefficient (Wildman–Crippen LogP) is 5.30. The van der Waals surface area contributed by atoms with Crippen molar-refractivity contribution in [1.82, 2.24) is 0 Å². The molecule has 0 radical (unpaired) electrons. The van der Waals surface area contributed by atoms with Crippen LogP contribution in [0.3, 0.4) is 0 Å². The lowest BCUT2D eigenvalue weighted by Gasteiger charge is -2.57. The number of allylic oxidation sites excluding steroid dienone is 4. The van der Waals surface area contributed by atoms with Crippen molar-refractivity contribution in [2.24, 2.45) is 40.4 Å². The number of ketones is 1. The Morgan fingerprint density at radius 1 is 1.18 bits per heavy atom. The van der Waals surface area contributed by atoms with Gasteiger partial charge in [-0.2, -0.15) is 0 Å². The molecule has 3 saturated carbocycles. The van der Waals surface area contributed by atoms with Gasteiger partial charge in [-0.3, -0.25) is 4.79 Å². The van der Waals surface area contributed by atoms with Crippen LogP contribution in [0.25, 0.3) is 0 Å². The Kier molecular flexibility index (Phi) is 2.77. The van der Waals surface area contributed by atoms with Gasteiger partial charge in [0.15, 0.2) is 5.78 Å². The molecule has 118 valence electrons. The van der Waals surface area contributed by atoms with E-state index < -0.39 is 0 Å². The highest BCUT2D eigenvalue weighted by atomic mass is 127. The lowest BCUT2D eigenvalue weighted by molar-refractivity contribution is -0.117. The van der Waals surface area contributed by atoms with Gasteiger partial charge in [-0.05, 0) is 99.4 Å². The molecule has 2 heteroatoms. The first-order valence-electron chi connectivity index (χ1n) is 9.06. The van der Waals surface area contributed by atoms with Gasteiger partial charge in [-0.1, -0.05) is 25.5 Å². The highest BCUT2D eigenvalue weighted by molar-refractivity contribution is 14.1. The van der Waals surface area contributed by atoms with Gasteiger partial charge in [0.05, 0.1) is 0 Å². The number of fused-ring (bicyclic) bond motifs is 8. The van der Waals surface area contributed by atoms with Crippen LogP contribution >= 0.6 is 22.6 Å². The molecule has 0 spiro atoms. The second-order valence-electron chi connectivity index (χ2n) is 9.02. The molecule has 0 N–H and O–H groups in total. The van der Waals surface area contributed by atoms with Crippen LogP contribution in [-0.2, 0) is 4.79 Å². The number of carbonyl (C=O) groups excluding carboxylic acids is 1. The Labute approximate surface area is 147 Å². The highest BCUT2D eigenvalue weighted by Gasteiger charge is 2.66. The molecule has 5 aliphatic rings. The van der Waals surface area contributed by atoms with E-state index in [1.165, 1.54) is 25.7 Å². The van der Waals surface area contributed by atoms with Crippen molar-refractivity contribution in [3.05, 3.63) is 21.3 Å². The number of rotatable bonds is 0. The molecule has 0 amide bonds. The van der Waals surface area contributed by atoms with Gasteiger partial charge >= 0.3 is 0 Å². The minimum Gasteiger partial charge on any atom is -0.295 e. The van der Waals surface area contributed by atoms with Crippen LogP contribution in [0.5, 0.6) is 0 Å². The molecular weight excluding hydrogens is 383 g/mol. The zero-order valence-corrected chi connectivity index (χ0v) is 15.7. The van der Waals surface area contributed by atoms with Crippen LogP contribution in [0.4, 0.5) is 0 Å². The molecule has 0 aliphatic heterocycles. The number of hydrogen-bond donors (Lipinski definition) is 0. The maximum absolute atomic E-state index is 12.0. The summed E-state index contributed by atoms with van der Waals surface area (Å²) >= 11 is 2.62. The van der Waals surface area contributed by atoms with Crippen molar-refractivity contribution in [2.75, 3.05) is 0 Å². The Bertz CT molecular complexity index is 632. The standard InChI is InChI=1S/C20H25IO/c1-19-7-5-11(22)9-16(19)12-10-13(12)18-14-3-4-17(21)20(14,2)8-6-15(18)19/h4,9,12-15,18H,3,5-8,10H2,1-2H3/t12?,13?,14-,15-,18-,19+,20-/m0/s1. The predicted molar refractivity (Wildman–Crippen MR) is 96.6 cm³/mol. The van der Waals surface area contributed by atoms with Crippen LogP contribution in [0.2, 0.25) is 0 Å². The SMILES string of the molecule is C[C@]12CCC(=O)C=C1C1CC1[C@@H]1[C@@H]2CC[C@]2(C)C(I)=CC[C@@H]12. The topological polar surface area (TPSA) is 17.1 Å². The number of halogens is 1. The minimum atomic E-state index is 0.339. The molecule has 3 fully saturated rings. The third kappa shape index (κ3) is 1.58. The molecule has 0 aromatic heterocycles. The first-order chi connectivity index (χ1) is 10.4. The van der Waals surface area contributed by atoms with E-state index in [1.807, 2.05) is 0 Å². The van der Waals surface area contributed by atoms with Crippen molar-refractivity contribution in [1.29, 1.82) is 0 Å². The molecule has 0 bridgehead atoms. The first kappa shape index (κ1) is 14.2. The summed E-state index contributed by atoms with van der Waals surface area (Å²) in [7, 11) is 0. The van der Waals surface area contributed by atoms with E-state index in [0.29, 0.717) is 16.6 Å². The summed E-state index contributed by atoms with van der Waals surface area (Å²) in [5, 5.41) is 0. The summed E-state index contributed by atoms with van der Waals surface area (Å²) in [5.41, 5.74) is 2.38. The Balaban J connectivity index is 1.58. The van der Waals surface area contributed by atoms with Crippen molar-refractivity contribution in [2.45, 2.75) is 52.4 Å². The molecule has 0 aromatic carbocycles. The molecule has 1 nitrogen and oxygen atoms in total. The summed E-state index contributed by atoms with van der Waals surface area (Å²) in [6.07, 6.45) is 11.9. The molecule has 7 atom stereocenters. The van der Waals surface area contributed by atoms with Gasteiger partial charge in [0.25, 0.3) is 0 Å². The molecule has 0 heterocycles. The summed E-state index contributed by atoms with van der Waals surface area (Å²) in [6.45, 7) is 5.04. The maximum Gasteiger partial charge on any atom is 0.155 e. The van der Waals surface area contributed by atoms with E-state index in [2.05, 4.69) is 48.6 Å². The zero-order valence-electron chi connectivity index (χ0n) is 13.6. The lowest BCUT2D eigenvalue weighted by Crippen LogP contribution is -2.50. The number of hydrogen-bond acceptors (Lipinski definition) is 1. The van der Waals surface area contributed by atoms with E-state index in [0.717, 1.165) is 42.4 Å². The smallest absolute Gasteiger partial charge is 0.155 e. The fourth-order valence-electron chi connectivity index (χ4n) is 6.92. The van der Waals surface area contributed by atoms with Crippen LogP contribution < -0.4 is 0 Å². The van der Waals surface area contributed by atoms with Crippen LogP contribution in [0.15, 0.2) is 21.3 Å². The van der Waals surface area contributed by atoms with Gasteiger partial charge in [0.1, 0.15) is 0 Å². The summed E-state index contributed by atoms with van der Waals surface area (Å²) < 4.78 is 1.64. The van der Waals surface area contributed by atoms with Crippen molar-refractivity contribution in [3.63, 3.8) is 0 Å². The van der Waals surface area contributed by atoms with Crippen LogP contribution in [0.1, 0.15) is 52.4 Å². The van der Waals surface area contributed by atoms with Crippen molar-refractivity contribution < 1.29 is 4.79 Å². The lowest BCUT2D eigenvalue weighted by atomic mass is 9.47. The average molecular weight is 408 g/mol. The Morgan fingerprint density at radius 2 is 2.00 bits per heavy atom. The monoisotopic (exact) mass is 408 g/mol. The minimum absolute atomic E-state index is 0.339. The average Bonchev–Trinajstić information content (AvgIpc) is 3.22. The largest absolute Gasteiger partial charge is 0.295 e. The summed E-state index contributed by atoms with van der Waals surface area (Å²) in [4.78, 5) is 12.0. The van der Waals surface area contributed by atoms with E-state index >= 15 is 0 Å². The fraction of sp³-hybridized carbons (Fsp3) is 0.750. The van der Waals surface area contributed by atoms with Gasteiger partial charge in [-0.15, -0.1) is 0 Å². The van der Waals surface area contributed by atoms with Crippen LogP contribution in [-0.4, -0.2) is 5.78 Å². The maximum atomic E-state index is 12.0. The van der Waals surface area contributed by atoms with Crippen molar-refractivity contribution in [3.8, 4) is 0 Å². The molecular formula is C20H25IO. The summed E-state index contributed by atoms with van der Waals surface area (Å²) in [5.74, 6) is 4.69. The first-order valence-corrected chi connectivity index (χ1v) is 10.1. The van der Waals surface area contributed by atoms with Crippen molar-refractivity contribution >= 4 is 28.4 Å². The molecule has 0 saturated heterocycles. The third-order valence-corrected chi connectivity index (χ3v) is 9.91. The van der Waals surface area contributed by atoms with Gasteiger partial charge in [0.2, 0.25) is 0 Å². The molecule has 2 unspecified atom stereocenters.